The Bertz CT molecular complexity index is 634. The molecular formula is C29H50O. The highest BCUT2D eigenvalue weighted by Gasteiger charge is 2.59. The number of aliphatic hydroxyl groups is 1. The highest BCUT2D eigenvalue weighted by molar-refractivity contribution is 5.25. The van der Waals surface area contributed by atoms with Crippen molar-refractivity contribution in [3.05, 3.63) is 11.6 Å². The summed E-state index contributed by atoms with van der Waals surface area (Å²) in [5, 5.41) is 10.2. The average Bonchev–Trinajstić information content (AvgIpc) is 3.06. The van der Waals surface area contributed by atoms with Crippen molar-refractivity contribution < 1.29 is 5.11 Å². The third-order valence-electron chi connectivity index (χ3n) is 11.3. The zero-order chi connectivity index (χ0) is 21.7. The Morgan fingerprint density at radius 2 is 1.77 bits per heavy atom. The average molecular weight is 415 g/mol. The first-order valence-corrected chi connectivity index (χ1v) is 13.6. The van der Waals surface area contributed by atoms with Crippen LogP contribution in [0.15, 0.2) is 11.6 Å². The fourth-order valence-electron chi connectivity index (χ4n) is 9.30. The monoisotopic (exact) mass is 414 g/mol. The van der Waals surface area contributed by atoms with Crippen LogP contribution in [0, 0.1) is 52.3 Å². The Kier molecular flexibility index (Phi) is 6.53. The highest BCUT2D eigenvalue weighted by atomic mass is 16.3. The second kappa shape index (κ2) is 8.57. The van der Waals surface area contributed by atoms with E-state index in [4.69, 9.17) is 0 Å². The van der Waals surface area contributed by atoms with Crippen LogP contribution >= 0.6 is 0 Å². The van der Waals surface area contributed by atoms with Crippen LogP contribution in [-0.2, 0) is 0 Å². The summed E-state index contributed by atoms with van der Waals surface area (Å²) in [4.78, 5) is 0. The molecule has 0 unspecified atom stereocenters. The summed E-state index contributed by atoms with van der Waals surface area (Å²) in [6, 6.07) is 0. The molecule has 3 saturated carbocycles. The van der Waals surface area contributed by atoms with E-state index < -0.39 is 0 Å². The molecule has 0 aromatic heterocycles. The predicted octanol–water partition coefficient (Wildman–Crippen LogP) is 8.02. The van der Waals surface area contributed by atoms with Gasteiger partial charge in [-0.25, -0.2) is 0 Å². The summed E-state index contributed by atoms with van der Waals surface area (Å²) in [5.74, 6) is 6.31. The minimum Gasteiger partial charge on any atom is -0.393 e. The van der Waals surface area contributed by atoms with Crippen LogP contribution in [0.5, 0.6) is 0 Å². The van der Waals surface area contributed by atoms with Gasteiger partial charge in [0.05, 0.1) is 6.10 Å². The maximum atomic E-state index is 10.2. The summed E-state index contributed by atoms with van der Waals surface area (Å²) in [7, 11) is 0. The van der Waals surface area contributed by atoms with Crippen LogP contribution in [0.25, 0.3) is 0 Å². The van der Waals surface area contributed by atoms with Crippen molar-refractivity contribution >= 4 is 0 Å². The van der Waals surface area contributed by atoms with E-state index in [1.54, 1.807) is 5.57 Å². The molecule has 0 spiro atoms. The van der Waals surface area contributed by atoms with E-state index in [1.807, 2.05) is 0 Å². The topological polar surface area (TPSA) is 20.2 Å². The van der Waals surface area contributed by atoms with Gasteiger partial charge in [-0.1, -0.05) is 66.0 Å². The number of hydrogen-bond acceptors (Lipinski definition) is 1. The minimum absolute atomic E-state index is 0.0794. The first kappa shape index (κ1) is 22.9. The molecule has 0 aromatic rings. The molecule has 30 heavy (non-hydrogen) atoms. The number of rotatable bonds is 6. The van der Waals surface area contributed by atoms with Gasteiger partial charge < -0.3 is 5.11 Å². The fourth-order valence-corrected chi connectivity index (χ4v) is 9.30. The summed E-state index contributed by atoms with van der Waals surface area (Å²) in [6.45, 7) is 15.1. The molecular weight excluding hydrogens is 364 g/mol. The molecule has 0 aromatic carbocycles. The molecule has 0 amide bonds. The lowest BCUT2D eigenvalue weighted by Gasteiger charge is -2.58. The normalized spacial score (nSPS) is 45.3. The Hall–Kier alpha value is -0.300. The van der Waals surface area contributed by atoms with Crippen LogP contribution in [0.3, 0.4) is 0 Å². The lowest BCUT2D eigenvalue weighted by atomic mass is 9.47. The summed E-state index contributed by atoms with van der Waals surface area (Å²) in [6.07, 6.45) is 17.1. The number of allylic oxidation sites excluding steroid dienone is 1. The SMILES string of the molecule is CC[C@@H](CC[C@@H](C)[C@@H]1CC[C@@H]2[C@@H]3CC=C4C[C@@H](O)CC[C@]4(C)[C@@H]3CC[C@@]21C)C(C)C. The van der Waals surface area contributed by atoms with Gasteiger partial charge in [0, 0.05) is 0 Å². The molecule has 4 aliphatic rings. The zero-order valence-corrected chi connectivity index (χ0v) is 20.9. The van der Waals surface area contributed by atoms with Gasteiger partial charge in [0.2, 0.25) is 0 Å². The van der Waals surface area contributed by atoms with Crippen molar-refractivity contribution in [1.29, 1.82) is 0 Å². The molecule has 0 heterocycles. The van der Waals surface area contributed by atoms with E-state index in [0.29, 0.717) is 10.8 Å². The molecule has 1 heteroatoms. The van der Waals surface area contributed by atoms with Crippen LogP contribution in [0.2, 0.25) is 0 Å². The van der Waals surface area contributed by atoms with E-state index >= 15 is 0 Å². The summed E-state index contributed by atoms with van der Waals surface area (Å²) < 4.78 is 0. The summed E-state index contributed by atoms with van der Waals surface area (Å²) >= 11 is 0. The molecule has 0 radical (unpaired) electrons. The quantitative estimate of drug-likeness (QED) is 0.436. The molecule has 4 rings (SSSR count). The molecule has 4 aliphatic carbocycles. The van der Waals surface area contributed by atoms with Crippen molar-refractivity contribution in [2.45, 2.75) is 118 Å². The summed E-state index contributed by atoms with van der Waals surface area (Å²) in [5.41, 5.74) is 2.59. The molecule has 0 bridgehead atoms. The van der Waals surface area contributed by atoms with Gasteiger partial charge in [-0.3, -0.25) is 0 Å². The first-order valence-electron chi connectivity index (χ1n) is 13.6. The van der Waals surface area contributed by atoms with Crippen LogP contribution < -0.4 is 0 Å². The van der Waals surface area contributed by atoms with Gasteiger partial charge in [-0.15, -0.1) is 0 Å². The zero-order valence-electron chi connectivity index (χ0n) is 20.9. The van der Waals surface area contributed by atoms with Gasteiger partial charge in [-0.2, -0.15) is 0 Å². The maximum absolute atomic E-state index is 10.2. The van der Waals surface area contributed by atoms with Gasteiger partial charge >= 0.3 is 0 Å². The van der Waals surface area contributed by atoms with Gasteiger partial charge in [0.1, 0.15) is 0 Å². The van der Waals surface area contributed by atoms with Crippen molar-refractivity contribution in [3.63, 3.8) is 0 Å². The Morgan fingerprint density at radius 3 is 2.47 bits per heavy atom. The van der Waals surface area contributed by atoms with E-state index in [-0.39, 0.29) is 6.10 Å². The minimum atomic E-state index is -0.0794. The standard InChI is InChI=1S/C29H50O/c1-7-21(19(2)3)9-8-20(4)25-12-13-26-24-11-10-22-18-23(30)14-16-28(22,5)27(24)15-17-29(25,26)6/h10,19-21,23-27,30H,7-9,11-18H2,1-6H3/t20-,21+,23+,24+,25+,26-,27-,28+,29-/m1/s1. The smallest absolute Gasteiger partial charge is 0.0577 e. The van der Waals surface area contributed by atoms with Crippen LogP contribution in [-0.4, -0.2) is 11.2 Å². The first-order chi connectivity index (χ1) is 14.2. The number of hydrogen-bond donors (Lipinski definition) is 1. The Labute approximate surface area is 187 Å². The predicted molar refractivity (Wildman–Crippen MR) is 128 cm³/mol. The molecule has 172 valence electrons. The van der Waals surface area contributed by atoms with E-state index in [9.17, 15) is 5.11 Å². The molecule has 0 saturated heterocycles. The molecule has 3 fully saturated rings. The van der Waals surface area contributed by atoms with Gasteiger partial charge in [0.25, 0.3) is 0 Å². The molecule has 9 atom stereocenters. The third kappa shape index (κ3) is 3.74. The van der Waals surface area contributed by atoms with Crippen molar-refractivity contribution in [2.24, 2.45) is 52.3 Å². The largest absolute Gasteiger partial charge is 0.393 e. The second-order valence-electron chi connectivity index (χ2n) is 12.9. The van der Waals surface area contributed by atoms with Crippen molar-refractivity contribution in [2.75, 3.05) is 0 Å². The van der Waals surface area contributed by atoms with Gasteiger partial charge in [-0.05, 0) is 110 Å². The number of aliphatic hydroxyl groups excluding tert-OH is 1. The van der Waals surface area contributed by atoms with E-state index in [2.05, 4.69) is 47.6 Å². The molecule has 1 N–H and O–H groups in total. The number of fused-ring (bicyclic) bond motifs is 5. The second-order valence-corrected chi connectivity index (χ2v) is 12.9. The van der Waals surface area contributed by atoms with Crippen molar-refractivity contribution in [3.8, 4) is 0 Å². The van der Waals surface area contributed by atoms with Gasteiger partial charge in [0.15, 0.2) is 0 Å². The van der Waals surface area contributed by atoms with E-state index in [1.165, 1.54) is 57.8 Å². The van der Waals surface area contributed by atoms with E-state index in [0.717, 1.165) is 54.3 Å². The van der Waals surface area contributed by atoms with Crippen LogP contribution in [0.4, 0.5) is 0 Å². The lowest BCUT2D eigenvalue weighted by molar-refractivity contribution is -0.0575. The fraction of sp³-hybridized carbons (Fsp3) is 0.931. The Morgan fingerprint density at radius 1 is 1.00 bits per heavy atom. The molecule has 0 aliphatic heterocycles. The lowest BCUT2D eigenvalue weighted by Crippen LogP contribution is -2.50. The van der Waals surface area contributed by atoms with Crippen LogP contribution in [0.1, 0.15) is 112 Å². The van der Waals surface area contributed by atoms with Crippen molar-refractivity contribution in [1.82, 2.24) is 0 Å². The highest BCUT2D eigenvalue weighted by Crippen LogP contribution is 2.67. The maximum Gasteiger partial charge on any atom is 0.0577 e. The molecule has 1 nitrogen and oxygen atoms in total. The Balaban J connectivity index is 1.47. The third-order valence-corrected chi connectivity index (χ3v) is 11.3.